The van der Waals surface area contributed by atoms with Crippen molar-refractivity contribution in [1.82, 2.24) is 0 Å². The molecule has 0 saturated heterocycles. The molecule has 78 valence electrons. The molecule has 14 heavy (non-hydrogen) atoms. The van der Waals surface area contributed by atoms with Crippen molar-refractivity contribution in [3.8, 4) is 0 Å². The highest BCUT2D eigenvalue weighted by Crippen LogP contribution is 2.32. The predicted molar refractivity (Wildman–Crippen MR) is 50.0 cm³/mol. The summed E-state index contributed by atoms with van der Waals surface area (Å²) in [6, 6.07) is 7.26. The van der Waals surface area contributed by atoms with E-state index >= 15 is 0 Å². The Bertz CT molecular complexity index is 277. The summed E-state index contributed by atoms with van der Waals surface area (Å²) in [5, 5.41) is 9.20. The van der Waals surface area contributed by atoms with Crippen LogP contribution >= 0.6 is 0 Å². The molecule has 0 bridgehead atoms. The quantitative estimate of drug-likeness (QED) is 0.775. The fourth-order valence-electron chi connectivity index (χ4n) is 1.19. The zero-order valence-electron chi connectivity index (χ0n) is 7.66. The third-order valence-corrected chi connectivity index (χ3v) is 2.02. The maximum atomic E-state index is 13.4. The van der Waals surface area contributed by atoms with Gasteiger partial charge in [-0.05, 0) is 13.0 Å². The number of hydrogen-bond donors (Lipinski definition) is 2. The van der Waals surface area contributed by atoms with E-state index in [1.807, 2.05) is 0 Å². The average molecular weight is 201 g/mol. The van der Waals surface area contributed by atoms with Gasteiger partial charge in [0.1, 0.15) is 6.10 Å². The summed E-state index contributed by atoms with van der Waals surface area (Å²) in [6.07, 6.45) is -1.82. The molecule has 0 amide bonds. The van der Waals surface area contributed by atoms with Crippen LogP contribution in [0, 0.1) is 0 Å². The van der Waals surface area contributed by atoms with Crippen LogP contribution in [0.4, 0.5) is 8.78 Å². The zero-order valence-corrected chi connectivity index (χ0v) is 7.66. The van der Waals surface area contributed by atoms with Gasteiger partial charge in [0.25, 0.3) is 5.92 Å². The Kier molecular flexibility index (Phi) is 3.55. The van der Waals surface area contributed by atoms with E-state index in [0.29, 0.717) is 0 Å². The van der Waals surface area contributed by atoms with Gasteiger partial charge >= 0.3 is 0 Å². The van der Waals surface area contributed by atoms with Gasteiger partial charge in [-0.1, -0.05) is 30.3 Å². The fraction of sp³-hybridized carbons (Fsp3) is 0.400. The molecule has 4 heteroatoms. The molecule has 1 aromatic rings. The maximum Gasteiger partial charge on any atom is 0.298 e. The first kappa shape index (κ1) is 11.1. The first-order valence-electron chi connectivity index (χ1n) is 4.40. The molecule has 0 saturated carbocycles. The molecule has 3 N–H and O–H groups in total. The molecule has 0 aliphatic carbocycles. The normalized spacial score (nSPS) is 14.0. The van der Waals surface area contributed by atoms with Crippen molar-refractivity contribution in [1.29, 1.82) is 0 Å². The monoisotopic (exact) mass is 201 g/mol. The first-order valence-corrected chi connectivity index (χ1v) is 4.40. The van der Waals surface area contributed by atoms with E-state index in [1.165, 1.54) is 24.3 Å². The zero-order chi connectivity index (χ0) is 10.6. The van der Waals surface area contributed by atoms with Crippen LogP contribution < -0.4 is 5.73 Å². The molecular weight excluding hydrogens is 188 g/mol. The van der Waals surface area contributed by atoms with Gasteiger partial charge in [0.15, 0.2) is 0 Å². The second-order valence-corrected chi connectivity index (χ2v) is 3.08. The van der Waals surface area contributed by atoms with E-state index in [2.05, 4.69) is 0 Å². The lowest BCUT2D eigenvalue weighted by molar-refractivity contribution is -0.116. The molecular formula is C10H13F2NO. The van der Waals surface area contributed by atoms with Crippen LogP contribution in [0.2, 0.25) is 0 Å². The predicted octanol–water partition coefficient (Wildman–Crippen LogP) is 1.49. The second kappa shape index (κ2) is 4.48. The standard InChI is InChI=1S/C10H13F2NO/c11-10(12,9(14)6-7-13)8-4-2-1-3-5-8/h1-5,9,14H,6-7,13H2/t9-/m1/s1. The third kappa shape index (κ3) is 2.27. The van der Waals surface area contributed by atoms with Crippen molar-refractivity contribution in [3.05, 3.63) is 35.9 Å². The van der Waals surface area contributed by atoms with Crippen LogP contribution in [0.15, 0.2) is 30.3 Å². The van der Waals surface area contributed by atoms with Crippen LogP contribution in [0.3, 0.4) is 0 Å². The number of aliphatic hydroxyl groups excluding tert-OH is 1. The molecule has 0 aliphatic rings. The summed E-state index contributed by atoms with van der Waals surface area (Å²) in [5.41, 5.74) is 4.93. The van der Waals surface area contributed by atoms with Crippen LogP contribution in [0.25, 0.3) is 0 Å². The molecule has 0 radical (unpaired) electrons. The number of alkyl halides is 2. The summed E-state index contributed by atoms with van der Waals surface area (Å²) in [7, 11) is 0. The Morgan fingerprint density at radius 3 is 2.36 bits per heavy atom. The first-order chi connectivity index (χ1) is 6.59. The lowest BCUT2D eigenvalue weighted by atomic mass is 10.0. The Hall–Kier alpha value is -1.00. The van der Waals surface area contributed by atoms with Crippen LogP contribution in [-0.2, 0) is 5.92 Å². The van der Waals surface area contributed by atoms with Crippen molar-refractivity contribution < 1.29 is 13.9 Å². The molecule has 2 nitrogen and oxygen atoms in total. The number of hydrogen-bond acceptors (Lipinski definition) is 2. The molecule has 1 rings (SSSR count). The molecule has 0 fully saturated rings. The van der Waals surface area contributed by atoms with Crippen molar-refractivity contribution in [2.24, 2.45) is 5.73 Å². The summed E-state index contributed by atoms with van der Waals surface area (Å²) < 4.78 is 26.9. The van der Waals surface area contributed by atoms with Crippen LogP contribution in [0.5, 0.6) is 0 Å². The van der Waals surface area contributed by atoms with Gasteiger partial charge in [0, 0.05) is 5.56 Å². The number of benzene rings is 1. The Balaban J connectivity index is 2.84. The lowest BCUT2D eigenvalue weighted by Gasteiger charge is -2.22. The topological polar surface area (TPSA) is 46.2 Å². The van der Waals surface area contributed by atoms with E-state index in [-0.39, 0.29) is 18.5 Å². The second-order valence-electron chi connectivity index (χ2n) is 3.08. The Morgan fingerprint density at radius 2 is 1.86 bits per heavy atom. The van der Waals surface area contributed by atoms with Gasteiger partial charge in [-0.25, -0.2) is 0 Å². The largest absolute Gasteiger partial charge is 0.386 e. The van der Waals surface area contributed by atoms with Crippen molar-refractivity contribution in [2.45, 2.75) is 18.4 Å². The van der Waals surface area contributed by atoms with Gasteiger partial charge in [-0.15, -0.1) is 0 Å². The van der Waals surface area contributed by atoms with Crippen LogP contribution in [0.1, 0.15) is 12.0 Å². The van der Waals surface area contributed by atoms with Crippen LogP contribution in [-0.4, -0.2) is 17.8 Å². The van der Waals surface area contributed by atoms with E-state index in [9.17, 15) is 13.9 Å². The van der Waals surface area contributed by atoms with Gasteiger partial charge in [-0.2, -0.15) is 8.78 Å². The van der Waals surface area contributed by atoms with Gasteiger partial charge in [0.05, 0.1) is 0 Å². The average Bonchev–Trinajstić information content (AvgIpc) is 2.19. The van der Waals surface area contributed by atoms with Gasteiger partial charge in [0.2, 0.25) is 0 Å². The molecule has 0 aliphatic heterocycles. The van der Waals surface area contributed by atoms with Crippen molar-refractivity contribution in [2.75, 3.05) is 6.54 Å². The molecule has 1 atom stereocenters. The minimum atomic E-state index is -3.22. The molecule has 1 aromatic carbocycles. The number of halogens is 2. The maximum absolute atomic E-state index is 13.4. The number of nitrogens with two attached hydrogens (primary N) is 1. The molecule has 0 spiro atoms. The van der Waals surface area contributed by atoms with Crippen molar-refractivity contribution in [3.63, 3.8) is 0 Å². The highest BCUT2D eigenvalue weighted by molar-refractivity contribution is 5.21. The van der Waals surface area contributed by atoms with E-state index in [1.54, 1.807) is 6.07 Å². The lowest BCUT2D eigenvalue weighted by Crippen LogP contribution is -2.32. The van der Waals surface area contributed by atoms with Crippen molar-refractivity contribution >= 4 is 0 Å². The molecule has 0 aromatic heterocycles. The minimum absolute atomic E-state index is 0.0452. The van der Waals surface area contributed by atoms with E-state index in [4.69, 9.17) is 5.73 Å². The van der Waals surface area contributed by atoms with E-state index in [0.717, 1.165) is 0 Å². The highest BCUT2D eigenvalue weighted by atomic mass is 19.3. The highest BCUT2D eigenvalue weighted by Gasteiger charge is 2.39. The summed E-state index contributed by atoms with van der Waals surface area (Å²) >= 11 is 0. The van der Waals surface area contributed by atoms with Gasteiger partial charge in [-0.3, -0.25) is 0 Å². The third-order valence-electron chi connectivity index (χ3n) is 2.02. The summed E-state index contributed by atoms with van der Waals surface area (Å²) in [5.74, 6) is -3.22. The molecule has 0 unspecified atom stereocenters. The molecule has 0 heterocycles. The minimum Gasteiger partial charge on any atom is -0.386 e. The smallest absolute Gasteiger partial charge is 0.298 e. The Morgan fingerprint density at radius 1 is 1.29 bits per heavy atom. The Labute approximate surface area is 81.4 Å². The SMILES string of the molecule is NCC[C@@H](O)C(F)(F)c1ccccc1. The summed E-state index contributed by atoms with van der Waals surface area (Å²) in [4.78, 5) is 0. The summed E-state index contributed by atoms with van der Waals surface area (Å²) in [6.45, 7) is 0.0452. The number of aliphatic hydroxyl groups is 1. The fourth-order valence-corrected chi connectivity index (χ4v) is 1.19. The van der Waals surface area contributed by atoms with E-state index < -0.39 is 12.0 Å². The van der Waals surface area contributed by atoms with Gasteiger partial charge < -0.3 is 10.8 Å². The number of rotatable bonds is 4.